The van der Waals surface area contributed by atoms with Crippen molar-refractivity contribution in [2.45, 2.75) is 0 Å². The summed E-state index contributed by atoms with van der Waals surface area (Å²) in [6.07, 6.45) is 1.41. The Morgan fingerprint density at radius 1 is 1.31 bits per heavy atom. The molecule has 68 valence electrons. The summed E-state index contributed by atoms with van der Waals surface area (Å²) in [5, 5.41) is 11.3. The van der Waals surface area contributed by atoms with Crippen LogP contribution in [0, 0.1) is 0 Å². The normalized spacial score (nSPS) is 13.1. The average molecular weight is 178 g/mol. The third-order valence-corrected chi connectivity index (χ3v) is 1.31. The minimum Gasteiger partial charge on any atom is -0.508 e. The fourth-order valence-electron chi connectivity index (χ4n) is 0.724. The van der Waals surface area contributed by atoms with Crippen LogP contribution in [0.25, 0.3) is 0 Å². The monoisotopic (exact) mass is 178 g/mol. The molecule has 1 aromatic carbocycles. The van der Waals surface area contributed by atoms with E-state index in [4.69, 9.17) is 5.11 Å². The molecule has 0 radical (unpaired) electrons. The van der Waals surface area contributed by atoms with E-state index >= 15 is 0 Å². The van der Waals surface area contributed by atoms with E-state index in [1.807, 2.05) is 6.07 Å². The molecule has 1 heterocycles. The third kappa shape index (κ3) is 3.91. The molecule has 0 unspecified atom stereocenters. The molecule has 4 heteroatoms. The fraction of sp³-hybridized carbons (Fsp3) is 0.111. The molecule has 0 saturated carbocycles. The number of carbonyl (C=O) groups excluding carboxylic acids is 1. The first-order chi connectivity index (χ1) is 6.29. The first kappa shape index (κ1) is 9.25. The Morgan fingerprint density at radius 2 is 2.00 bits per heavy atom. The number of carbonyl (C=O) groups is 1. The summed E-state index contributed by atoms with van der Waals surface area (Å²) < 4.78 is 0. The maximum Gasteiger partial charge on any atom is 0.266 e. The topological polar surface area (TPSA) is 61.7 Å². The van der Waals surface area contributed by atoms with Crippen LogP contribution in [0.15, 0.2) is 35.3 Å². The number of phenolic OH excluding ortho intramolecular Hbond substituents is 1. The summed E-state index contributed by atoms with van der Waals surface area (Å²) in [4.78, 5) is 13.3. The highest BCUT2D eigenvalue weighted by Gasteiger charge is 1.98. The van der Waals surface area contributed by atoms with Crippen molar-refractivity contribution in [1.29, 1.82) is 0 Å². The lowest BCUT2D eigenvalue weighted by atomic mass is 10.3. The number of aliphatic imine (C=N–C) groups is 1. The predicted octanol–water partition coefficient (Wildman–Crippen LogP) is 0.537. The molecule has 0 saturated heterocycles. The Hall–Kier alpha value is -1.84. The minimum absolute atomic E-state index is 0.0880. The summed E-state index contributed by atoms with van der Waals surface area (Å²) in [5.41, 5.74) is 0. The molecule has 2 rings (SSSR count). The van der Waals surface area contributed by atoms with Crippen LogP contribution >= 0.6 is 0 Å². The van der Waals surface area contributed by atoms with E-state index in [0.29, 0.717) is 12.3 Å². The highest BCUT2D eigenvalue weighted by molar-refractivity contribution is 5.91. The second kappa shape index (κ2) is 4.92. The lowest BCUT2D eigenvalue weighted by molar-refractivity contribution is -0.116. The molecule has 0 bridgehead atoms. The number of hydrogen-bond donors (Lipinski definition) is 2. The van der Waals surface area contributed by atoms with Gasteiger partial charge < -0.3 is 10.4 Å². The van der Waals surface area contributed by atoms with Crippen molar-refractivity contribution in [3.05, 3.63) is 30.3 Å². The van der Waals surface area contributed by atoms with Crippen molar-refractivity contribution >= 4 is 12.2 Å². The SMILES string of the molecule is O=C1CNC=N1.Oc1ccccc1. The smallest absolute Gasteiger partial charge is 0.266 e. The number of nitrogens with zero attached hydrogens (tertiary/aromatic N) is 1. The summed E-state index contributed by atoms with van der Waals surface area (Å²) in [7, 11) is 0. The van der Waals surface area contributed by atoms with Crippen LogP contribution in [0.1, 0.15) is 0 Å². The van der Waals surface area contributed by atoms with E-state index in [9.17, 15) is 4.79 Å². The number of amides is 1. The predicted molar refractivity (Wildman–Crippen MR) is 49.6 cm³/mol. The lowest BCUT2D eigenvalue weighted by Crippen LogP contribution is -2.09. The van der Waals surface area contributed by atoms with Crippen molar-refractivity contribution in [2.24, 2.45) is 4.99 Å². The van der Waals surface area contributed by atoms with Crippen LogP contribution in [0.4, 0.5) is 0 Å². The lowest BCUT2D eigenvalue weighted by Gasteiger charge is -1.82. The molecule has 1 aliphatic rings. The maximum absolute atomic E-state index is 9.98. The molecular formula is C9H10N2O2. The van der Waals surface area contributed by atoms with E-state index in [-0.39, 0.29) is 5.91 Å². The first-order valence-electron chi connectivity index (χ1n) is 3.82. The van der Waals surface area contributed by atoms with Crippen LogP contribution in [0.2, 0.25) is 0 Å². The van der Waals surface area contributed by atoms with Gasteiger partial charge in [-0.3, -0.25) is 4.79 Å². The van der Waals surface area contributed by atoms with E-state index in [2.05, 4.69) is 10.3 Å². The van der Waals surface area contributed by atoms with Gasteiger partial charge in [-0.1, -0.05) is 18.2 Å². The number of aromatic hydroxyl groups is 1. The van der Waals surface area contributed by atoms with Gasteiger partial charge in [0.2, 0.25) is 0 Å². The molecule has 1 aliphatic heterocycles. The van der Waals surface area contributed by atoms with Gasteiger partial charge >= 0.3 is 0 Å². The molecule has 1 amide bonds. The number of hydrogen-bond acceptors (Lipinski definition) is 3. The van der Waals surface area contributed by atoms with Crippen LogP contribution < -0.4 is 5.32 Å². The molecule has 0 fully saturated rings. The van der Waals surface area contributed by atoms with Crippen molar-refractivity contribution in [2.75, 3.05) is 6.54 Å². The zero-order chi connectivity index (χ0) is 9.52. The van der Waals surface area contributed by atoms with E-state index in [1.54, 1.807) is 24.3 Å². The van der Waals surface area contributed by atoms with Gasteiger partial charge in [-0.15, -0.1) is 0 Å². The molecule has 0 aliphatic carbocycles. The van der Waals surface area contributed by atoms with E-state index < -0.39 is 0 Å². The second-order valence-corrected chi connectivity index (χ2v) is 2.37. The summed E-state index contributed by atoms with van der Waals surface area (Å²) in [5.74, 6) is 0.234. The molecule has 0 atom stereocenters. The van der Waals surface area contributed by atoms with E-state index in [0.717, 1.165) is 0 Å². The van der Waals surface area contributed by atoms with Crippen molar-refractivity contribution in [3.63, 3.8) is 0 Å². The highest BCUT2D eigenvalue weighted by atomic mass is 16.3. The van der Waals surface area contributed by atoms with Gasteiger partial charge in [0, 0.05) is 0 Å². The third-order valence-electron chi connectivity index (χ3n) is 1.31. The highest BCUT2D eigenvalue weighted by Crippen LogP contribution is 2.02. The second-order valence-electron chi connectivity index (χ2n) is 2.37. The maximum atomic E-state index is 9.98. The van der Waals surface area contributed by atoms with Gasteiger partial charge in [-0.05, 0) is 12.1 Å². The molecule has 0 aromatic heterocycles. The quantitative estimate of drug-likeness (QED) is 0.609. The molecular weight excluding hydrogens is 168 g/mol. The van der Waals surface area contributed by atoms with Gasteiger partial charge in [-0.25, -0.2) is 4.99 Å². The summed E-state index contributed by atoms with van der Waals surface area (Å²) >= 11 is 0. The molecule has 0 spiro atoms. The number of nitrogens with one attached hydrogen (secondary N) is 1. The first-order valence-corrected chi connectivity index (χ1v) is 3.82. The van der Waals surface area contributed by atoms with Crippen molar-refractivity contribution in [3.8, 4) is 5.75 Å². The Labute approximate surface area is 75.9 Å². The van der Waals surface area contributed by atoms with Gasteiger partial charge in [0.15, 0.2) is 0 Å². The van der Waals surface area contributed by atoms with Crippen LogP contribution in [0.5, 0.6) is 5.75 Å². The average Bonchev–Trinajstić information content (AvgIpc) is 2.58. The van der Waals surface area contributed by atoms with Crippen molar-refractivity contribution < 1.29 is 9.90 Å². The van der Waals surface area contributed by atoms with Gasteiger partial charge in [-0.2, -0.15) is 0 Å². The Balaban J connectivity index is 0.000000132. The molecule has 1 aromatic rings. The zero-order valence-electron chi connectivity index (χ0n) is 6.97. The van der Waals surface area contributed by atoms with Crippen LogP contribution in [0.3, 0.4) is 0 Å². The Kier molecular flexibility index (Phi) is 3.50. The Morgan fingerprint density at radius 3 is 2.23 bits per heavy atom. The van der Waals surface area contributed by atoms with Gasteiger partial charge in [0.25, 0.3) is 5.91 Å². The van der Waals surface area contributed by atoms with Crippen molar-refractivity contribution in [1.82, 2.24) is 5.32 Å². The van der Waals surface area contributed by atoms with Crippen LogP contribution in [-0.4, -0.2) is 23.9 Å². The zero-order valence-corrected chi connectivity index (χ0v) is 6.97. The number of para-hydroxylation sites is 1. The van der Waals surface area contributed by atoms with Crippen LogP contribution in [-0.2, 0) is 4.79 Å². The summed E-state index contributed by atoms with van der Waals surface area (Å²) in [6, 6.07) is 8.71. The van der Waals surface area contributed by atoms with Gasteiger partial charge in [0.1, 0.15) is 5.75 Å². The van der Waals surface area contributed by atoms with E-state index in [1.165, 1.54) is 6.34 Å². The number of rotatable bonds is 0. The fourth-order valence-corrected chi connectivity index (χ4v) is 0.724. The molecule has 2 N–H and O–H groups in total. The standard InChI is InChI=1S/C6H6O.C3H4N2O/c7-6-4-2-1-3-5-6;6-3-1-4-2-5-3/h1-5,7H;2H,1H2,(H,4,5,6). The molecule has 4 nitrogen and oxygen atoms in total. The summed E-state index contributed by atoms with van der Waals surface area (Å²) in [6.45, 7) is 0.375. The Bertz CT molecular complexity index is 296. The number of benzene rings is 1. The number of phenols is 1. The largest absolute Gasteiger partial charge is 0.508 e. The molecule has 13 heavy (non-hydrogen) atoms. The van der Waals surface area contributed by atoms with Gasteiger partial charge in [0.05, 0.1) is 12.9 Å². The minimum atomic E-state index is -0.0880.